The predicted octanol–water partition coefficient (Wildman–Crippen LogP) is 4.10. The zero-order valence-electron chi connectivity index (χ0n) is 9.42. The van der Waals surface area contributed by atoms with Crippen LogP contribution in [-0.2, 0) is 0 Å². The summed E-state index contributed by atoms with van der Waals surface area (Å²) in [6, 6.07) is 0. The minimum atomic E-state index is 0.927. The van der Waals surface area contributed by atoms with E-state index in [2.05, 4.69) is 20.8 Å². The Morgan fingerprint density at radius 1 is 1.00 bits per heavy atom. The molecule has 0 amide bonds. The van der Waals surface area contributed by atoms with Gasteiger partial charge in [0.1, 0.15) is 0 Å². The third kappa shape index (κ3) is 1.92. The number of fused-ring (bicyclic) bond motifs is 2. The van der Waals surface area contributed by atoms with Gasteiger partial charge in [0.15, 0.2) is 0 Å². The fourth-order valence-electron chi connectivity index (χ4n) is 3.93. The summed E-state index contributed by atoms with van der Waals surface area (Å²) >= 11 is 0. The second-order valence-electron chi connectivity index (χ2n) is 5.92. The summed E-state index contributed by atoms with van der Waals surface area (Å²) < 4.78 is 0. The molecule has 0 aliphatic heterocycles. The lowest BCUT2D eigenvalue weighted by Crippen LogP contribution is -2.34. The fourth-order valence-corrected chi connectivity index (χ4v) is 3.93. The number of hydrogen-bond acceptors (Lipinski definition) is 0. The molecule has 0 aromatic heterocycles. The molecule has 13 heavy (non-hydrogen) atoms. The van der Waals surface area contributed by atoms with Gasteiger partial charge in [-0.25, -0.2) is 0 Å². The lowest BCUT2D eigenvalue weighted by Gasteiger charge is -2.44. The first-order chi connectivity index (χ1) is 6.16. The van der Waals surface area contributed by atoms with Crippen LogP contribution >= 0.6 is 0 Å². The van der Waals surface area contributed by atoms with E-state index in [1.807, 2.05) is 0 Å². The molecule has 2 aliphatic rings. The Kier molecular flexibility index (Phi) is 2.67. The average molecular weight is 180 g/mol. The summed E-state index contributed by atoms with van der Waals surface area (Å²) in [5.41, 5.74) is 0. The molecule has 0 nitrogen and oxygen atoms in total. The van der Waals surface area contributed by atoms with Gasteiger partial charge in [-0.2, -0.15) is 0 Å². The van der Waals surface area contributed by atoms with E-state index in [0.717, 1.165) is 29.6 Å². The van der Waals surface area contributed by atoms with E-state index >= 15 is 0 Å². The van der Waals surface area contributed by atoms with Crippen molar-refractivity contribution in [1.29, 1.82) is 0 Å². The molecule has 0 saturated heterocycles. The van der Waals surface area contributed by atoms with Crippen molar-refractivity contribution >= 4 is 0 Å². The zero-order chi connectivity index (χ0) is 9.42. The van der Waals surface area contributed by atoms with Crippen LogP contribution < -0.4 is 0 Å². The monoisotopic (exact) mass is 180 g/mol. The molecule has 2 saturated carbocycles. The predicted molar refractivity (Wildman–Crippen MR) is 57.6 cm³/mol. The van der Waals surface area contributed by atoms with Gasteiger partial charge in [-0.1, -0.05) is 27.2 Å². The molecule has 2 rings (SSSR count). The molecule has 4 atom stereocenters. The van der Waals surface area contributed by atoms with E-state index < -0.39 is 0 Å². The maximum Gasteiger partial charge on any atom is -0.0362 e. The Labute approximate surface area is 83.1 Å². The van der Waals surface area contributed by atoms with Crippen LogP contribution in [0.3, 0.4) is 0 Å². The summed E-state index contributed by atoms with van der Waals surface area (Å²) in [6.45, 7) is 7.30. The molecule has 0 spiro atoms. The number of hydrogen-bond donors (Lipinski definition) is 0. The van der Waals surface area contributed by atoms with Gasteiger partial charge in [-0.15, -0.1) is 0 Å². The number of rotatable bonds is 1. The maximum atomic E-state index is 2.46. The topological polar surface area (TPSA) is 0 Å². The molecule has 0 aromatic carbocycles. The SMILES string of the molecule is CC1CC2CCC(C(C)C)C(C1)C2. The molecule has 4 unspecified atom stereocenters. The van der Waals surface area contributed by atoms with Crippen molar-refractivity contribution < 1.29 is 0 Å². The molecule has 0 N–H and O–H groups in total. The second-order valence-corrected chi connectivity index (χ2v) is 5.92. The van der Waals surface area contributed by atoms with E-state index in [1.54, 1.807) is 6.42 Å². The lowest BCUT2D eigenvalue weighted by atomic mass is 9.61. The molecule has 0 radical (unpaired) electrons. The van der Waals surface area contributed by atoms with Crippen LogP contribution in [0.15, 0.2) is 0 Å². The van der Waals surface area contributed by atoms with E-state index in [-0.39, 0.29) is 0 Å². The Bertz CT molecular complexity index is 169. The standard InChI is InChI=1S/C13H24/c1-9(2)13-5-4-11-6-10(3)7-12(13)8-11/h9-13H,4-8H2,1-3H3. The van der Waals surface area contributed by atoms with Crippen molar-refractivity contribution in [3.8, 4) is 0 Å². The molecule has 2 aliphatic carbocycles. The van der Waals surface area contributed by atoms with Crippen LogP contribution in [0, 0.1) is 29.6 Å². The quantitative estimate of drug-likeness (QED) is 0.570. The first-order valence-corrected chi connectivity index (χ1v) is 6.16. The van der Waals surface area contributed by atoms with Crippen LogP contribution in [0.4, 0.5) is 0 Å². The van der Waals surface area contributed by atoms with E-state index in [0.29, 0.717) is 0 Å². The van der Waals surface area contributed by atoms with Crippen LogP contribution in [0.5, 0.6) is 0 Å². The Hall–Kier alpha value is 0. The van der Waals surface area contributed by atoms with Gasteiger partial charge in [-0.05, 0) is 55.3 Å². The van der Waals surface area contributed by atoms with E-state index in [4.69, 9.17) is 0 Å². The molecule has 2 bridgehead atoms. The summed E-state index contributed by atoms with van der Waals surface area (Å²) in [5.74, 6) is 5.19. The minimum absolute atomic E-state index is 0.927. The summed E-state index contributed by atoms with van der Waals surface area (Å²) in [5, 5.41) is 0. The van der Waals surface area contributed by atoms with Crippen molar-refractivity contribution in [1.82, 2.24) is 0 Å². The van der Waals surface area contributed by atoms with Gasteiger partial charge in [0.25, 0.3) is 0 Å². The zero-order valence-corrected chi connectivity index (χ0v) is 9.42. The van der Waals surface area contributed by atoms with Crippen molar-refractivity contribution in [3.63, 3.8) is 0 Å². The highest BCUT2D eigenvalue weighted by atomic mass is 14.4. The first-order valence-electron chi connectivity index (χ1n) is 6.16. The van der Waals surface area contributed by atoms with Gasteiger partial charge < -0.3 is 0 Å². The Morgan fingerprint density at radius 3 is 2.46 bits per heavy atom. The van der Waals surface area contributed by atoms with Crippen LogP contribution in [-0.4, -0.2) is 0 Å². The van der Waals surface area contributed by atoms with Crippen LogP contribution in [0.2, 0.25) is 0 Å². The van der Waals surface area contributed by atoms with Gasteiger partial charge in [0.05, 0.1) is 0 Å². The second kappa shape index (κ2) is 3.63. The highest BCUT2D eigenvalue weighted by molar-refractivity contribution is 4.87. The molecule has 0 heteroatoms. The Balaban J connectivity index is 2.02. The third-order valence-electron chi connectivity index (χ3n) is 4.45. The van der Waals surface area contributed by atoms with Crippen molar-refractivity contribution in [2.75, 3.05) is 0 Å². The summed E-state index contributed by atoms with van der Waals surface area (Å²) in [7, 11) is 0. The van der Waals surface area contributed by atoms with Gasteiger partial charge in [-0.3, -0.25) is 0 Å². The highest BCUT2D eigenvalue weighted by Crippen LogP contribution is 2.47. The van der Waals surface area contributed by atoms with Crippen molar-refractivity contribution in [2.24, 2.45) is 29.6 Å². The normalized spacial score (nSPS) is 45.2. The molecule has 2 fully saturated rings. The molecule has 76 valence electrons. The van der Waals surface area contributed by atoms with E-state index in [1.165, 1.54) is 25.7 Å². The minimum Gasteiger partial charge on any atom is -0.0625 e. The largest absolute Gasteiger partial charge is 0.0625 e. The van der Waals surface area contributed by atoms with Crippen molar-refractivity contribution in [3.05, 3.63) is 0 Å². The lowest BCUT2D eigenvalue weighted by molar-refractivity contribution is 0.0643. The van der Waals surface area contributed by atoms with E-state index in [9.17, 15) is 0 Å². The van der Waals surface area contributed by atoms with Crippen molar-refractivity contribution in [2.45, 2.75) is 52.9 Å². The smallest absolute Gasteiger partial charge is 0.0362 e. The first kappa shape index (κ1) is 9.55. The third-order valence-corrected chi connectivity index (χ3v) is 4.45. The maximum absolute atomic E-state index is 2.46. The average Bonchev–Trinajstić information content (AvgIpc) is 2.02. The molecular formula is C13H24. The molecule has 0 aromatic rings. The molecule has 0 heterocycles. The van der Waals surface area contributed by atoms with Crippen LogP contribution in [0.25, 0.3) is 0 Å². The van der Waals surface area contributed by atoms with Gasteiger partial charge in [0.2, 0.25) is 0 Å². The Morgan fingerprint density at radius 2 is 1.77 bits per heavy atom. The van der Waals surface area contributed by atoms with Gasteiger partial charge >= 0.3 is 0 Å². The fraction of sp³-hybridized carbons (Fsp3) is 1.00. The van der Waals surface area contributed by atoms with Gasteiger partial charge in [0, 0.05) is 0 Å². The summed E-state index contributed by atoms with van der Waals surface area (Å²) in [6.07, 6.45) is 7.68. The van der Waals surface area contributed by atoms with Crippen LogP contribution in [0.1, 0.15) is 52.9 Å². The highest BCUT2D eigenvalue weighted by Gasteiger charge is 2.36. The molecular weight excluding hydrogens is 156 g/mol. The summed E-state index contributed by atoms with van der Waals surface area (Å²) in [4.78, 5) is 0.